The summed E-state index contributed by atoms with van der Waals surface area (Å²) in [6.45, 7) is 4.38. The largest absolute Gasteiger partial charge is 0.398 e. The fourth-order valence-corrected chi connectivity index (χ4v) is 2.75. The lowest BCUT2D eigenvalue weighted by molar-refractivity contribution is 0.0911. The smallest absolute Gasteiger partial charge is 0.253 e. The summed E-state index contributed by atoms with van der Waals surface area (Å²) in [5.41, 5.74) is 6.91. The molecule has 0 bridgehead atoms. The van der Waals surface area contributed by atoms with Gasteiger partial charge in [0.15, 0.2) is 0 Å². The number of carbonyl (C=O) groups excluding carboxylic acids is 1. The first-order chi connectivity index (χ1) is 8.40. The van der Waals surface area contributed by atoms with E-state index in [2.05, 4.69) is 19.2 Å². The van der Waals surface area contributed by atoms with E-state index in [1.807, 2.05) is 0 Å². The SMILES string of the molecule is CC1(C)CCCC1NC(=O)c1ccc(Cl)cc1N. The average Bonchev–Trinajstić information content (AvgIpc) is 2.58. The van der Waals surface area contributed by atoms with Crippen molar-refractivity contribution >= 4 is 23.2 Å². The van der Waals surface area contributed by atoms with Gasteiger partial charge in [-0.15, -0.1) is 0 Å². The average molecular weight is 267 g/mol. The second-order valence-electron chi connectivity index (χ2n) is 5.64. The van der Waals surface area contributed by atoms with Crippen LogP contribution >= 0.6 is 11.6 Å². The first-order valence-electron chi connectivity index (χ1n) is 6.26. The minimum Gasteiger partial charge on any atom is -0.398 e. The molecule has 3 N–H and O–H groups in total. The lowest BCUT2D eigenvalue weighted by Gasteiger charge is -2.28. The van der Waals surface area contributed by atoms with E-state index in [0.29, 0.717) is 16.3 Å². The highest BCUT2D eigenvalue weighted by atomic mass is 35.5. The molecule has 1 atom stereocenters. The predicted molar refractivity (Wildman–Crippen MR) is 74.8 cm³/mol. The van der Waals surface area contributed by atoms with Gasteiger partial charge >= 0.3 is 0 Å². The van der Waals surface area contributed by atoms with Crippen LogP contribution in [0.1, 0.15) is 43.5 Å². The van der Waals surface area contributed by atoms with Gasteiger partial charge < -0.3 is 11.1 Å². The van der Waals surface area contributed by atoms with Gasteiger partial charge in [0.1, 0.15) is 0 Å². The highest BCUT2D eigenvalue weighted by molar-refractivity contribution is 6.31. The number of nitrogens with one attached hydrogen (secondary N) is 1. The molecular formula is C14H19ClN2O. The second kappa shape index (κ2) is 4.81. The second-order valence-corrected chi connectivity index (χ2v) is 6.07. The molecule has 1 amide bonds. The van der Waals surface area contributed by atoms with Crippen molar-refractivity contribution in [1.29, 1.82) is 0 Å². The van der Waals surface area contributed by atoms with Crippen LogP contribution in [0.2, 0.25) is 5.02 Å². The molecule has 0 aliphatic heterocycles. The number of benzene rings is 1. The number of amides is 1. The summed E-state index contributed by atoms with van der Waals surface area (Å²) < 4.78 is 0. The van der Waals surface area contributed by atoms with Gasteiger partial charge in [-0.2, -0.15) is 0 Å². The van der Waals surface area contributed by atoms with Crippen LogP contribution in [0.4, 0.5) is 5.69 Å². The Balaban J connectivity index is 2.13. The van der Waals surface area contributed by atoms with Crippen molar-refractivity contribution in [2.45, 2.75) is 39.2 Å². The first kappa shape index (κ1) is 13.2. The molecule has 0 heterocycles. The Morgan fingerprint density at radius 1 is 1.50 bits per heavy atom. The van der Waals surface area contributed by atoms with Gasteiger partial charge in [0.2, 0.25) is 0 Å². The topological polar surface area (TPSA) is 55.1 Å². The van der Waals surface area contributed by atoms with Crippen LogP contribution in [-0.2, 0) is 0 Å². The van der Waals surface area contributed by atoms with Crippen LogP contribution in [-0.4, -0.2) is 11.9 Å². The number of rotatable bonds is 2. The summed E-state index contributed by atoms with van der Waals surface area (Å²) in [6, 6.07) is 5.19. The Morgan fingerprint density at radius 2 is 2.22 bits per heavy atom. The number of nitrogens with two attached hydrogens (primary N) is 1. The van der Waals surface area contributed by atoms with Crippen LogP contribution in [0, 0.1) is 5.41 Å². The molecule has 0 spiro atoms. The Morgan fingerprint density at radius 3 is 2.78 bits per heavy atom. The van der Waals surface area contributed by atoms with Gasteiger partial charge in [0.05, 0.1) is 5.56 Å². The molecule has 18 heavy (non-hydrogen) atoms. The van der Waals surface area contributed by atoms with Crippen LogP contribution in [0.15, 0.2) is 18.2 Å². The Bertz CT molecular complexity index is 471. The third kappa shape index (κ3) is 2.61. The molecule has 4 heteroatoms. The van der Waals surface area contributed by atoms with Crippen molar-refractivity contribution in [3.8, 4) is 0 Å². The van der Waals surface area contributed by atoms with Crippen LogP contribution in [0.5, 0.6) is 0 Å². The third-order valence-corrected chi connectivity index (χ3v) is 4.06. The van der Waals surface area contributed by atoms with Crippen LogP contribution in [0.25, 0.3) is 0 Å². The van der Waals surface area contributed by atoms with Crippen molar-refractivity contribution in [2.75, 3.05) is 5.73 Å². The highest BCUT2D eigenvalue weighted by Crippen LogP contribution is 2.37. The summed E-state index contributed by atoms with van der Waals surface area (Å²) in [7, 11) is 0. The minimum absolute atomic E-state index is 0.107. The Kier molecular flexibility index (Phi) is 3.53. The van der Waals surface area contributed by atoms with E-state index in [1.165, 1.54) is 0 Å². The first-order valence-corrected chi connectivity index (χ1v) is 6.64. The van der Waals surface area contributed by atoms with Crippen molar-refractivity contribution in [3.63, 3.8) is 0 Å². The van der Waals surface area contributed by atoms with E-state index in [4.69, 9.17) is 17.3 Å². The molecule has 1 aromatic rings. The molecule has 0 saturated heterocycles. The van der Waals surface area contributed by atoms with Gasteiger partial charge in [-0.1, -0.05) is 31.9 Å². The quantitative estimate of drug-likeness (QED) is 0.808. The zero-order chi connectivity index (χ0) is 13.3. The molecule has 1 aromatic carbocycles. The lowest BCUT2D eigenvalue weighted by Crippen LogP contribution is -2.41. The predicted octanol–water partition coefficient (Wildman–Crippen LogP) is 3.23. The van der Waals surface area contributed by atoms with Crippen molar-refractivity contribution in [2.24, 2.45) is 5.41 Å². The van der Waals surface area contributed by atoms with Gasteiger partial charge in [-0.3, -0.25) is 4.79 Å². The normalized spacial score (nSPS) is 21.8. The van der Waals surface area contributed by atoms with Gasteiger partial charge in [0, 0.05) is 16.8 Å². The van der Waals surface area contributed by atoms with Crippen molar-refractivity contribution in [3.05, 3.63) is 28.8 Å². The van der Waals surface area contributed by atoms with Crippen LogP contribution < -0.4 is 11.1 Å². The van der Waals surface area contributed by atoms with Gasteiger partial charge in [-0.05, 0) is 36.5 Å². The highest BCUT2D eigenvalue weighted by Gasteiger charge is 2.35. The van der Waals surface area contributed by atoms with Crippen LogP contribution in [0.3, 0.4) is 0 Å². The number of hydrogen-bond acceptors (Lipinski definition) is 2. The zero-order valence-electron chi connectivity index (χ0n) is 10.8. The number of anilines is 1. The standard InChI is InChI=1S/C14H19ClN2O/c1-14(2)7-3-4-12(14)17-13(18)10-6-5-9(15)8-11(10)16/h5-6,8,12H,3-4,7,16H2,1-2H3,(H,17,18). The number of carbonyl (C=O) groups is 1. The van der Waals surface area contributed by atoms with E-state index >= 15 is 0 Å². The summed E-state index contributed by atoms with van der Waals surface area (Å²) in [5.74, 6) is -0.107. The summed E-state index contributed by atoms with van der Waals surface area (Å²) in [4.78, 5) is 12.2. The maximum atomic E-state index is 12.2. The zero-order valence-corrected chi connectivity index (χ0v) is 11.6. The summed E-state index contributed by atoms with van der Waals surface area (Å²) in [5, 5.41) is 3.63. The molecule has 3 nitrogen and oxygen atoms in total. The van der Waals surface area contributed by atoms with Gasteiger partial charge in [-0.25, -0.2) is 0 Å². The maximum Gasteiger partial charge on any atom is 0.253 e. The Hall–Kier alpha value is -1.22. The van der Waals surface area contributed by atoms with E-state index < -0.39 is 0 Å². The molecular weight excluding hydrogens is 248 g/mol. The molecule has 1 unspecified atom stereocenters. The fraction of sp³-hybridized carbons (Fsp3) is 0.500. The lowest BCUT2D eigenvalue weighted by atomic mass is 9.87. The number of hydrogen-bond donors (Lipinski definition) is 2. The van der Waals surface area contributed by atoms with E-state index in [9.17, 15) is 4.79 Å². The summed E-state index contributed by atoms with van der Waals surface area (Å²) in [6.07, 6.45) is 3.34. The molecule has 1 fully saturated rings. The molecule has 1 saturated carbocycles. The third-order valence-electron chi connectivity index (χ3n) is 3.82. The fourth-order valence-electron chi connectivity index (χ4n) is 2.57. The number of halogens is 1. The number of nitrogen functional groups attached to an aromatic ring is 1. The van der Waals surface area contributed by atoms with E-state index in [0.717, 1.165) is 19.3 Å². The maximum absolute atomic E-state index is 12.2. The molecule has 1 aliphatic carbocycles. The van der Waals surface area contributed by atoms with Crippen molar-refractivity contribution in [1.82, 2.24) is 5.32 Å². The molecule has 0 aromatic heterocycles. The monoisotopic (exact) mass is 266 g/mol. The van der Waals surface area contributed by atoms with Crippen molar-refractivity contribution < 1.29 is 4.79 Å². The molecule has 2 rings (SSSR count). The molecule has 98 valence electrons. The van der Waals surface area contributed by atoms with E-state index in [1.54, 1.807) is 18.2 Å². The Labute approximate surface area is 113 Å². The summed E-state index contributed by atoms with van der Waals surface area (Å²) >= 11 is 5.83. The van der Waals surface area contributed by atoms with Gasteiger partial charge in [0.25, 0.3) is 5.91 Å². The molecule has 0 radical (unpaired) electrons. The van der Waals surface area contributed by atoms with E-state index in [-0.39, 0.29) is 17.4 Å². The minimum atomic E-state index is -0.107. The molecule has 1 aliphatic rings.